The minimum Gasteiger partial charge on any atom is -0.490 e. The van der Waals surface area contributed by atoms with Gasteiger partial charge >= 0.3 is 5.97 Å². The molecule has 1 aliphatic heterocycles. The topological polar surface area (TPSA) is 78.8 Å². The van der Waals surface area contributed by atoms with Crippen LogP contribution in [0.3, 0.4) is 0 Å². The second-order valence-corrected chi connectivity index (χ2v) is 10.7. The Bertz CT molecular complexity index is 1100. The quantitative estimate of drug-likeness (QED) is 0.500. The van der Waals surface area contributed by atoms with Gasteiger partial charge in [-0.2, -0.15) is 0 Å². The zero-order valence-electron chi connectivity index (χ0n) is 19.9. The number of aromatic carboxylic acids is 1. The lowest BCUT2D eigenvalue weighted by molar-refractivity contribution is -0.0871. The highest BCUT2D eigenvalue weighted by molar-refractivity contribution is 5.89. The number of aryl methyl sites for hydroxylation is 1. The number of carbonyl (C=O) groups is 1. The van der Waals surface area contributed by atoms with E-state index in [4.69, 9.17) is 4.74 Å². The number of aliphatic hydroxyl groups excluding tert-OH is 1. The second kappa shape index (κ2) is 8.77. The maximum Gasteiger partial charge on any atom is 0.335 e. The molecule has 3 N–H and O–H groups in total. The minimum atomic E-state index is -0.938. The number of nitrogens with one attached hydrogen (secondary N) is 1. The summed E-state index contributed by atoms with van der Waals surface area (Å²) >= 11 is 0. The van der Waals surface area contributed by atoms with E-state index >= 15 is 0 Å². The van der Waals surface area contributed by atoms with Crippen molar-refractivity contribution in [2.24, 2.45) is 17.3 Å². The summed E-state index contributed by atoms with van der Waals surface area (Å²) in [5.74, 6) is 0.646. The lowest BCUT2D eigenvalue weighted by Gasteiger charge is -2.54. The molecule has 2 aromatic carbocycles. The minimum absolute atomic E-state index is 0.0648. The van der Waals surface area contributed by atoms with E-state index in [1.54, 1.807) is 18.2 Å². The molecule has 1 saturated carbocycles. The largest absolute Gasteiger partial charge is 0.490 e. The molecule has 2 aromatic rings. The summed E-state index contributed by atoms with van der Waals surface area (Å²) in [5, 5.41) is 23.9. The molecule has 2 aliphatic carbocycles. The number of anilines is 1. The van der Waals surface area contributed by atoms with Crippen molar-refractivity contribution in [1.82, 2.24) is 0 Å². The van der Waals surface area contributed by atoms with Gasteiger partial charge in [-0.15, -0.1) is 6.58 Å². The smallest absolute Gasteiger partial charge is 0.335 e. The average Bonchev–Trinajstić information content (AvgIpc) is 3.03. The number of benzene rings is 2. The monoisotopic (exact) mass is 461 g/mol. The number of ether oxygens (including phenoxy) is 1. The van der Waals surface area contributed by atoms with Crippen molar-refractivity contribution < 1.29 is 19.7 Å². The third-order valence-corrected chi connectivity index (χ3v) is 9.09. The highest BCUT2D eigenvalue weighted by Crippen LogP contribution is 2.56. The summed E-state index contributed by atoms with van der Waals surface area (Å²) in [6.07, 6.45) is 7.52. The van der Waals surface area contributed by atoms with E-state index in [1.807, 2.05) is 6.08 Å². The van der Waals surface area contributed by atoms with Crippen LogP contribution in [0.15, 0.2) is 55.1 Å². The molecule has 5 heteroatoms. The summed E-state index contributed by atoms with van der Waals surface area (Å²) in [6.45, 7) is 7.33. The van der Waals surface area contributed by atoms with Crippen LogP contribution in [0, 0.1) is 17.3 Å². The van der Waals surface area contributed by atoms with Gasteiger partial charge in [0, 0.05) is 12.0 Å². The van der Waals surface area contributed by atoms with Crippen molar-refractivity contribution in [3.63, 3.8) is 0 Å². The van der Waals surface area contributed by atoms with E-state index in [9.17, 15) is 15.0 Å². The van der Waals surface area contributed by atoms with E-state index < -0.39 is 5.97 Å². The highest BCUT2D eigenvalue weighted by Gasteiger charge is 2.52. The normalized spacial score (nSPS) is 30.5. The number of carboxylic acids is 1. The summed E-state index contributed by atoms with van der Waals surface area (Å²) in [5.41, 5.74) is 3.45. The lowest BCUT2D eigenvalue weighted by atomic mass is 9.52. The third kappa shape index (κ3) is 3.70. The maximum absolute atomic E-state index is 11.5. The molecule has 0 aromatic heterocycles. The Kier molecular flexibility index (Phi) is 5.93. The number of fused-ring (bicyclic) bond motifs is 3. The Morgan fingerprint density at radius 2 is 2.09 bits per heavy atom. The molecule has 1 heterocycles. The van der Waals surface area contributed by atoms with Crippen LogP contribution < -0.4 is 10.1 Å². The zero-order valence-corrected chi connectivity index (χ0v) is 19.9. The fraction of sp³-hybridized carbons (Fsp3) is 0.483. The number of hydrogen-bond donors (Lipinski definition) is 3. The van der Waals surface area contributed by atoms with Crippen LogP contribution in [0.1, 0.15) is 60.5 Å². The van der Waals surface area contributed by atoms with E-state index in [1.165, 1.54) is 11.1 Å². The molecule has 3 aliphatic rings. The number of carboxylic acid groups (broad SMARTS) is 1. The van der Waals surface area contributed by atoms with Gasteiger partial charge in [-0.1, -0.05) is 37.3 Å². The molecule has 5 rings (SSSR count). The van der Waals surface area contributed by atoms with Crippen LogP contribution in [0.2, 0.25) is 0 Å². The van der Waals surface area contributed by atoms with Gasteiger partial charge in [0.2, 0.25) is 0 Å². The first-order chi connectivity index (χ1) is 16.4. The van der Waals surface area contributed by atoms with Gasteiger partial charge in [0.1, 0.15) is 5.75 Å². The van der Waals surface area contributed by atoms with Crippen molar-refractivity contribution in [3.8, 4) is 5.75 Å². The molecule has 0 saturated heterocycles. The number of rotatable bonds is 6. The standard InChI is InChI=1S/C29H35NO4/c1-3-6-26(31)28(2)14-13-21(28)16-22-11-9-19-7-4-5-8-23(19)29(22)17-30-24-15-20(27(32)33)10-12-25(24)34-18-29/h3-5,7-8,10,12,15,21-22,26,30-31H,1,6,9,11,13-14,16-18H2,2H3,(H,32,33)/t21-,22?,26-,28+,29?/m1/s1. The molecular formula is C29H35NO4. The molecule has 5 atom stereocenters. The van der Waals surface area contributed by atoms with Crippen LogP contribution in [0.4, 0.5) is 5.69 Å². The molecule has 5 nitrogen and oxygen atoms in total. The first-order valence-electron chi connectivity index (χ1n) is 12.5. The van der Waals surface area contributed by atoms with Gasteiger partial charge in [0.25, 0.3) is 0 Å². The Balaban J connectivity index is 1.47. The first kappa shape index (κ1) is 23.0. The summed E-state index contributed by atoms with van der Waals surface area (Å²) in [4.78, 5) is 11.5. The maximum atomic E-state index is 11.5. The summed E-state index contributed by atoms with van der Waals surface area (Å²) in [6, 6.07) is 13.8. The Morgan fingerprint density at radius 1 is 1.26 bits per heavy atom. The van der Waals surface area contributed by atoms with Gasteiger partial charge in [0.15, 0.2) is 0 Å². The Labute approximate surface area is 201 Å². The predicted octanol–water partition coefficient (Wildman–Crippen LogP) is 5.43. The van der Waals surface area contributed by atoms with Crippen LogP contribution >= 0.6 is 0 Å². The molecule has 1 spiro atoms. The molecule has 0 bridgehead atoms. The molecule has 0 radical (unpaired) electrons. The van der Waals surface area contributed by atoms with E-state index in [2.05, 4.69) is 43.1 Å². The lowest BCUT2D eigenvalue weighted by Crippen LogP contribution is -2.53. The van der Waals surface area contributed by atoms with Crippen molar-refractivity contribution in [2.75, 3.05) is 18.5 Å². The molecule has 2 unspecified atom stereocenters. The van der Waals surface area contributed by atoms with Crippen LogP contribution in [0.25, 0.3) is 0 Å². The van der Waals surface area contributed by atoms with E-state index in [0.717, 1.165) is 37.8 Å². The fourth-order valence-electron chi connectivity index (χ4n) is 6.67. The fourth-order valence-corrected chi connectivity index (χ4v) is 6.67. The van der Waals surface area contributed by atoms with Gasteiger partial charge in [-0.25, -0.2) is 4.79 Å². The number of hydrogen-bond acceptors (Lipinski definition) is 4. The van der Waals surface area contributed by atoms with Crippen LogP contribution in [-0.2, 0) is 11.8 Å². The van der Waals surface area contributed by atoms with Gasteiger partial charge in [-0.3, -0.25) is 0 Å². The van der Waals surface area contributed by atoms with Crippen molar-refractivity contribution in [1.29, 1.82) is 0 Å². The number of aliphatic hydroxyl groups is 1. The SMILES string of the molecule is C=CC[C@@H](O)[C@@]1(C)CC[C@@H]1CC1CCc2ccccc2C12CNc1cc(C(=O)O)ccc1OC2. The average molecular weight is 462 g/mol. The van der Waals surface area contributed by atoms with Gasteiger partial charge in [-0.05, 0) is 85.1 Å². The molecule has 0 amide bonds. The van der Waals surface area contributed by atoms with Crippen molar-refractivity contribution in [2.45, 2.75) is 57.0 Å². The second-order valence-electron chi connectivity index (χ2n) is 10.7. The van der Waals surface area contributed by atoms with Crippen LogP contribution in [0.5, 0.6) is 5.75 Å². The van der Waals surface area contributed by atoms with Gasteiger partial charge in [0.05, 0.1) is 24.0 Å². The molecular weight excluding hydrogens is 426 g/mol. The van der Waals surface area contributed by atoms with Crippen molar-refractivity contribution >= 4 is 11.7 Å². The summed E-state index contributed by atoms with van der Waals surface area (Å²) < 4.78 is 6.42. The highest BCUT2D eigenvalue weighted by atomic mass is 16.5. The molecule has 1 fully saturated rings. The Morgan fingerprint density at radius 3 is 2.82 bits per heavy atom. The van der Waals surface area contributed by atoms with E-state index in [0.29, 0.717) is 37.2 Å². The van der Waals surface area contributed by atoms with Crippen molar-refractivity contribution in [3.05, 3.63) is 71.8 Å². The summed E-state index contributed by atoms with van der Waals surface area (Å²) in [7, 11) is 0. The zero-order chi connectivity index (χ0) is 23.9. The first-order valence-corrected chi connectivity index (χ1v) is 12.5. The van der Waals surface area contributed by atoms with E-state index in [-0.39, 0.29) is 22.5 Å². The molecule has 34 heavy (non-hydrogen) atoms. The predicted molar refractivity (Wildman–Crippen MR) is 134 cm³/mol. The molecule has 180 valence electrons. The Hall–Kier alpha value is -2.79. The third-order valence-electron chi connectivity index (χ3n) is 9.09. The van der Waals surface area contributed by atoms with Crippen LogP contribution in [-0.4, -0.2) is 35.4 Å². The van der Waals surface area contributed by atoms with Gasteiger partial charge < -0.3 is 20.3 Å².